The minimum Gasteiger partial charge on any atom is -0.508 e. The normalized spacial score (nSPS) is 20.7. The van der Waals surface area contributed by atoms with Gasteiger partial charge in [0.15, 0.2) is 0 Å². The molecule has 0 saturated heterocycles. The summed E-state index contributed by atoms with van der Waals surface area (Å²) in [6, 6.07) is 11.2. The summed E-state index contributed by atoms with van der Waals surface area (Å²) in [5.41, 5.74) is 3.80. The molecular weight excluding hydrogens is 304 g/mol. The Morgan fingerprint density at radius 3 is 2.83 bits per heavy atom. The van der Waals surface area contributed by atoms with E-state index in [2.05, 4.69) is 12.6 Å². The summed E-state index contributed by atoms with van der Waals surface area (Å²) in [6.45, 7) is 6.40. The molecule has 0 radical (unpaired) electrons. The Morgan fingerprint density at radius 2 is 2.00 bits per heavy atom. The number of aromatic hydroxyl groups is 1. The van der Waals surface area contributed by atoms with E-state index in [9.17, 15) is 5.11 Å². The highest BCUT2D eigenvalue weighted by atomic mass is 16.5. The van der Waals surface area contributed by atoms with Crippen molar-refractivity contribution in [1.82, 2.24) is 0 Å². The van der Waals surface area contributed by atoms with E-state index in [1.165, 1.54) is 0 Å². The number of rotatable bonds is 1. The summed E-state index contributed by atoms with van der Waals surface area (Å²) in [5, 5.41) is 10.6. The summed E-state index contributed by atoms with van der Waals surface area (Å²) in [5.74, 6) is 2.67. The monoisotopic (exact) mass is 320 g/mol. The van der Waals surface area contributed by atoms with Gasteiger partial charge in [0.25, 0.3) is 0 Å². The summed E-state index contributed by atoms with van der Waals surface area (Å²) in [7, 11) is 0. The van der Waals surface area contributed by atoms with E-state index < -0.39 is 0 Å². The maximum Gasteiger partial charge on any atom is 0.138 e. The molecule has 3 aromatic rings. The zero-order chi connectivity index (χ0) is 16.4. The molecule has 2 atom stereocenters. The SMILES string of the molecule is C=C(C)c1cc2c3c(ccc2o1)[C@@H]1COc2cc(O)ccc2[C@@H]1O3. The summed E-state index contributed by atoms with van der Waals surface area (Å²) in [6.07, 6.45) is -0.0990. The molecule has 5 rings (SSSR count). The smallest absolute Gasteiger partial charge is 0.138 e. The van der Waals surface area contributed by atoms with Crippen molar-refractivity contribution in [2.45, 2.75) is 18.9 Å². The molecule has 1 N–H and O–H groups in total. The molecule has 0 bridgehead atoms. The Balaban J connectivity index is 1.66. The van der Waals surface area contributed by atoms with E-state index in [0.29, 0.717) is 12.4 Å². The number of hydrogen-bond acceptors (Lipinski definition) is 4. The van der Waals surface area contributed by atoms with Crippen LogP contribution in [-0.2, 0) is 0 Å². The van der Waals surface area contributed by atoms with Crippen LogP contribution in [0, 0.1) is 0 Å². The Morgan fingerprint density at radius 1 is 1.17 bits per heavy atom. The third-order valence-corrected chi connectivity index (χ3v) is 4.83. The number of phenolic OH excluding ortho intramolecular Hbond substituents is 1. The molecule has 0 fully saturated rings. The van der Waals surface area contributed by atoms with Crippen LogP contribution in [-0.4, -0.2) is 11.7 Å². The van der Waals surface area contributed by atoms with Gasteiger partial charge in [-0.25, -0.2) is 0 Å². The van der Waals surface area contributed by atoms with Crippen LogP contribution in [0.4, 0.5) is 0 Å². The highest BCUT2D eigenvalue weighted by molar-refractivity contribution is 5.89. The highest BCUT2D eigenvalue weighted by Crippen LogP contribution is 2.53. The van der Waals surface area contributed by atoms with E-state index in [1.54, 1.807) is 12.1 Å². The number of fused-ring (bicyclic) bond motifs is 7. The van der Waals surface area contributed by atoms with Crippen LogP contribution in [0.3, 0.4) is 0 Å². The van der Waals surface area contributed by atoms with Crippen LogP contribution in [0.1, 0.15) is 35.8 Å². The van der Waals surface area contributed by atoms with Crippen molar-refractivity contribution in [2.24, 2.45) is 0 Å². The van der Waals surface area contributed by atoms with Gasteiger partial charge in [0.05, 0.1) is 17.9 Å². The lowest BCUT2D eigenvalue weighted by molar-refractivity contribution is 0.140. The minimum absolute atomic E-state index is 0.0990. The first-order valence-corrected chi connectivity index (χ1v) is 7.96. The molecular formula is C20H16O4. The Kier molecular flexibility index (Phi) is 2.58. The zero-order valence-corrected chi connectivity index (χ0v) is 13.2. The number of allylic oxidation sites excluding steroid dienone is 1. The average molecular weight is 320 g/mol. The average Bonchev–Trinajstić information content (AvgIpc) is 3.15. The lowest BCUT2D eigenvalue weighted by Crippen LogP contribution is -2.22. The number of benzene rings is 2. The number of ether oxygens (including phenoxy) is 2. The number of hydrogen-bond donors (Lipinski definition) is 1. The molecule has 0 unspecified atom stereocenters. The van der Waals surface area contributed by atoms with E-state index in [0.717, 1.165) is 39.2 Å². The van der Waals surface area contributed by atoms with Crippen molar-refractivity contribution < 1.29 is 19.0 Å². The molecule has 0 aliphatic carbocycles. The van der Waals surface area contributed by atoms with Crippen molar-refractivity contribution in [2.75, 3.05) is 6.61 Å². The standard InChI is InChI=1S/C20H16O4/c1-10(2)17-8-14-16(23-17)6-5-12-15-9-22-18-7-11(21)3-4-13(18)20(15)24-19(12)14/h3-8,15,20-21H,1,9H2,2H3/t15-,20-/m0/s1. The molecule has 120 valence electrons. The Hall–Kier alpha value is -2.88. The molecule has 2 aliphatic heterocycles. The van der Waals surface area contributed by atoms with Crippen LogP contribution in [0.15, 0.2) is 47.4 Å². The van der Waals surface area contributed by atoms with Crippen LogP contribution < -0.4 is 9.47 Å². The van der Waals surface area contributed by atoms with E-state index in [4.69, 9.17) is 13.9 Å². The van der Waals surface area contributed by atoms with Gasteiger partial charge in [-0.3, -0.25) is 0 Å². The van der Waals surface area contributed by atoms with Gasteiger partial charge in [-0.1, -0.05) is 12.6 Å². The van der Waals surface area contributed by atoms with Crippen molar-refractivity contribution in [1.29, 1.82) is 0 Å². The first-order chi connectivity index (χ1) is 11.6. The predicted molar refractivity (Wildman–Crippen MR) is 90.6 cm³/mol. The second kappa shape index (κ2) is 4.57. The predicted octanol–water partition coefficient (Wildman–Crippen LogP) is 4.78. The molecule has 3 heterocycles. The molecule has 2 aromatic carbocycles. The van der Waals surface area contributed by atoms with Crippen LogP contribution in [0.5, 0.6) is 17.2 Å². The number of phenols is 1. The van der Waals surface area contributed by atoms with Gasteiger partial charge >= 0.3 is 0 Å². The molecule has 4 nitrogen and oxygen atoms in total. The lowest BCUT2D eigenvalue weighted by atomic mass is 9.89. The third-order valence-electron chi connectivity index (χ3n) is 4.83. The lowest BCUT2D eigenvalue weighted by Gasteiger charge is -2.27. The maximum absolute atomic E-state index is 9.66. The molecule has 0 saturated carbocycles. The van der Waals surface area contributed by atoms with Gasteiger partial charge in [-0.2, -0.15) is 0 Å². The van der Waals surface area contributed by atoms with Crippen molar-refractivity contribution in [3.05, 3.63) is 59.9 Å². The van der Waals surface area contributed by atoms with Gasteiger partial charge in [0.2, 0.25) is 0 Å². The van der Waals surface area contributed by atoms with E-state index in [1.807, 2.05) is 25.1 Å². The van der Waals surface area contributed by atoms with Crippen molar-refractivity contribution >= 4 is 16.5 Å². The molecule has 0 spiro atoms. The fraction of sp³-hybridized carbons (Fsp3) is 0.200. The number of furan rings is 1. The third kappa shape index (κ3) is 1.74. The maximum atomic E-state index is 9.66. The molecule has 2 aliphatic rings. The second-order valence-corrected chi connectivity index (χ2v) is 6.46. The summed E-state index contributed by atoms with van der Waals surface area (Å²) < 4.78 is 18.0. The van der Waals surface area contributed by atoms with Crippen molar-refractivity contribution in [3.63, 3.8) is 0 Å². The quantitative estimate of drug-likeness (QED) is 0.701. The van der Waals surface area contributed by atoms with E-state index in [-0.39, 0.29) is 17.8 Å². The first kappa shape index (κ1) is 13.5. The van der Waals surface area contributed by atoms with Gasteiger partial charge in [-0.05, 0) is 36.8 Å². The highest BCUT2D eigenvalue weighted by Gasteiger charge is 2.41. The van der Waals surface area contributed by atoms with Crippen LogP contribution in [0.2, 0.25) is 0 Å². The fourth-order valence-electron chi connectivity index (χ4n) is 3.63. The fourth-order valence-corrected chi connectivity index (χ4v) is 3.63. The van der Waals surface area contributed by atoms with Crippen LogP contribution >= 0.6 is 0 Å². The topological polar surface area (TPSA) is 51.8 Å². The van der Waals surface area contributed by atoms with Crippen LogP contribution in [0.25, 0.3) is 16.5 Å². The van der Waals surface area contributed by atoms with Gasteiger partial charge in [0.1, 0.15) is 34.7 Å². The molecule has 4 heteroatoms. The summed E-state index contributed by atoms with van der Waals surface area (Å²) >= 11 is 0. The van der Waals surface area contributed by atoms with E-state index >= 15 is 0 Å². The largest absolute Gasteiger partial charge is 0.508 e. The molecule has 24 heavy (non-hydrogen) atoms. The summed E-state index contributed by atoms with van der Waals surface area (Å²) in [4.78, 5) is 0. The van der Waals surface area contributed by atoms with Gasteiger partial charge < -0.3 is 19.0 Å². The Bertz CT molecular complexity index is 998. The van der Waals surface area contributed by atoms with Crippen molar-refractivity contribution in [3.8, 4) is 17.2 Å². The molecule has 1 aromatic heterocycles. The van der Waals surface area contributed by atoms with Gasteiger partial charge in [-0.15, -0.1) is 0 Å². The van der Waals surface area contributed by atoms with Gasteiger partial charge in [0, 0.05) is 17.2 Å². The first-order valence-electron chi connectivity index (χ1n) is 7.96. The zero-order valence-electron chi connectivity index (χ0n) is 13.2. The Labute approximate surface area is 138 Å². The minimum atomic E-state index is -0.0990. The molecule has 0 amide bonds. The second-order valence-electron chi connectivity index (χ2n) is 6.46.